The number of carbonyl (C=O) groups is 1. The van der Waals surface area contributed by atoms with Crippen LogP contribution in [0.15, 0.2) is 12.7 Å². The van der Waals surface area contributed by atoms with Gasteiger partial charge in [-0.05, 0) is 38.5 Å². The maximum absolute atomic E-state index is 10.9. The third kappa shape index (κ3) is 27.8. The molecule has 0 amide bonds. The lowest BCUT2D eigenvalue weighted by Gasteiger charge is -2.37. The van der Waals surface area contributed by atoms with Crippen LogP contribution in [0.1, 0.15) is 26.7 Å². The molecule has 0 aliphatic carbocycles. The van der Waals surface area contributed by atoms with Crippen LogP contribution in [0.5, 0.6) is 0 Å². The summed E-state index contributed by atoms with van der Waals surface area (Å²) in [6.07, 6.45) is 3.17. The molecule has 13 nitrogen and oxygen atoms in total. The fraction of sp³-hybridized carbons (Fsp3) is 0.909. The first-order valence-electron chi connectivity index (χ1n) is 17.0. The lowest BCUT2D eigenvalue weighted by molar-refractivity contribution is -0.139. The van der Waals surface area contributed by atoms with E-state index in [4.69, 9.17) is 52.1 Å². The molecular formula is C33H63NO12. The Bertz CT molecular complexity index is 647. The van der Waals surface area contributed by atoms with E-state index in [0.717, 1.165) is 51.8 Å². The zero-order chi connectivity index (χ0) is 33.2. The molecule has 1 saturated heterocycles. The Balaban J connectivity index is 2.13. The summed E-state index contributed by atoms with van der Waals surface area (Å²) in [4.78, 5) is 13.4. The smallest absolute Gasteiger partial charge is 0.330 e. The normalized spacial score (nSPS) is 17.0. The minimum Gasteiger partial charge on any atom is -0.460 e. The molecule has 46 heavy (non-hydrogen) atoms. The quantitative estimate of drug-likeness (QED) is 0.0560. The van der Waals surface area contributed by atoms with Crippen molar-refractivity contribution in [2.24, 2.45) is 11.8 Å². The minimum atomic E-state index is -0.452. The van der Waals surface area contributed by atoms with E-state index in [-0.39, 0.29) is 6.61 Å². The van der Waals surface area contributed by atoms with Crippen LogP contribution < -0.4 is 0 Å². The van der Waals surface area contributed by atoms with Crippen LogP contribution in [0.4, 0.5) is 0 Å². The number of ether oxygens (including phenoxy) is 11. The molecule has 2 unspecified atom stereocenters. The average Bonchev–Trinajstić information content (AvgIpc) is 3.06. The van der Waals surface area contributed by atoms with Gasteiger partial charge in [0.15, 0.2) is 0 Å². The lowest BCUT2D eigenvalue weighted by Crippen LogP contribution is -2.44. The molecular weight excluding hydrogens is 602 g/mol. The highest BCUT2D eigenvalue weighted by atomic mass is 16.6. The molecule has 13 heteroatoms. The van der Waals surface area contributed by atoms with E-state index in [1.165, 1.54) is 0 Å². The summed E-state index contributed by atoms with van der Waals surface area (Å²) in [7, 11) is 0. The molecule has 0 aromatic carbocycles. The van der Waals surface area contributed by atoms with Crippen LogP contribution in [0.2, 0.25) is 0 Å². The second-order valence-electron chi connectivity index (χ2n) is 10.7. The molecule has 2 atom stereocenters. The maximum Gasteiger partial charge on any atom is 0.330 e. The van der Waals surface area contributed by atoms with Crippen molar-refractivity contribution >= 4 is 5.97 Å². The van der Waals surface area contributed by atoms with Gasteiger partial charge in [0.2, 0.25) is 0 Å². The second-order valence-corrected chi connectivity index (χ2v) is 10.7. The van der Waals surface area contributed by atoms with Crippen molar-refractivity contribution in [1.82, 2.24) is 4.90 Å². The van der Waals surface area contributed by atoms with Crippen molar-refractivity contribution in [2.45, 2.75) is 26.7 Å². The van der Waals surface area contributed by atoms with E-state index in [0.29, 0.717) is 131 Å². The predicted molar refractivity (Wildman–Crippen MR) is 173 cm³/mol. The van der Waals surface area contributed by atoms with Crippen molar-refractivity contribution in [3.63, 3.8) is 0 Å². The van der Waals surface area contributed by atoms with Crippen molar-refractivity contribution < 1.29 is 56.9 Å². The van der Waals surface area contributed by atoms with Crippen LogP contribution in [0, 0.1) is 11.8 Å². The Morgan fingerprint density at radius 1 is 0.565 bits per heavy atom. The summed E-state index contributed by atoms with van der Waals surface area (Å²) >= 11 is 0. The van der Waals surface area contributed by atoms with Crippen LogP contribution >= 0.6 is 0 Å². The number of esters is 1. The molecule has 1 heterocycles. The van der Waals surface area contributed by atoms with Crippen LogP contribution in [0.3, 0.4) is 0 Å². The Morgan fingerprint density at radius 3 is 1.35 bits per heavy atom. The number of nitrogens with zero attached hydrogens (tertiary/aromatic N) is 1. The molecule has 1 aliphatic heterocycles. The summed E-state index contributed by atoms with van der Waals surface area (Å²) in [6, 6.07) is 0. The van der Waals surface area contributed by atoms with E-state index >= 15 is 0 Å². The summed E-state index contributed by atoms with van der Waals surface area (Å²) in [5, 5.41) is 0. The fourth-order valence-corrected chi connectivity index (χ4v) is 4.73. The van der Waals surface area contributed by atoms with Crippen molar-refractivity contribution in [2.75, 3.05) is 158 Å². The van der Waals surface area contributed by atoms with Gasteiger partial charge in [0, 0.05) is 45.5 Å². The van der Waals surface area contributed by atoms with Gasteiger partial charge >= 0.3 is 5.97 Å². The summed E-state index contributed by atoms with van der Waals surface area (Å²) < 4.78 is 60.6. The molecule has 0 radical (unpaired) electrons. The van der Waals surface area contributed by atoms with Gasteiger partial charge in [-0.3, -0.25) is 0 Å². The molecule has 1 rings (SSSR count). The molecule has 0 aromatic heterocycles. The van der Waals surface area contributed by atoms with Gasteiger partial charge in [-0.2, -0.15) is 0 Å². The number of likely N-dealkylation sites (tertiary alicyclic amines) is 1. The number of rotatable bonds is 35. The SMILES string of the molecule is C=CC(=O)OCCOCCOCCOCCOCCCN1CC(COCCOCCOCC)CC(COCCOCCOCC)C1. The average molecular weight is 666 g/mol. The first-order chi connectivity index (χ1) is 22.7. The van der Waals surface area contributed by atoms with Gasteiger partial charge in [-0.15, -0.1) is 0 Å². The standard InChI is InChI=1S/C33H63NO12/c1-4-33(35)46-25-24-43-19-18-42-17-16-41-15-14-38-9-7-8-34-27-31(29-44-22-20-39-12-10-36-5-2)26-32(28-34)30-45-23-21-40-13-11-37-6-3/h4,31-32H,1,5-30H2,2-3H3. The van der Waals surface area contributed by atoms with Gasteiger partial charge in [0.1, 0.15) is 6.61 Å². The minimum absolute atomic E-state index is 0.204. The zero-order valence-electron chi connectivity index (χ0n) is 28.7. The Hall–Kier alpha value is -1.23. The molecule has 272 valence electrons. The van der Waals surface area contributed by atoms with E-state index in [1.807, 2.05) is 13.8 Å². The third-order valence-corrected chi connectivity index (χ3v) is 6.82. The van der Waals surface area contributed by atoms with E-state index in [1.54, 1.807) is 0 Å². The van der Waals surface area contributed by atoms with Gasteiger partial charge in [0.05, 0.1) is 112 Å². The van der Waals surface area contributed by atoms with Gasteiger partial charge in [0.25, 0.3) is 0 Å². The number of hydrogen-bond acceptors (Lipinski definition) is 13. The Morgan fingerprint density at radius 2 is 0.935 bits per heavy atom. The maximum atomic E-state index is 10.9. The Kier molecular flexibility index (Phi) is 31.3. The van der Waals surface area contributed by atoms with E-state index < -0.39 is 5.97 Å². The topological polar surface area (TPSA) is 122 Å². The first-order valence-corrected chi connectivity index (χ1v) is 17.0. The monoisotopic (exact) mass is 665 g/mol. The van der Waals surface area contributed by atoms with E-state index in [9.17, 15) is 4.79 Å². The molecule has 0 aromatic rings. The van der Waals surface area contributed by atoms with Crippen molar-refractivity contribution in [3.8, 4) is 0 Å². The van der Waals surface area contributed by atoms with Crippen LogP contribution in [-0.4, -0.2) is 169 Å². The summed E-state index contributed by atoms with van der Waals surface area (Å²) in [5.41, 5.74) is 0. The van der Waals surface area contributed by atoms with Gasteiger partial charge in [-0.25, -0.2) is 4.79 Å². The summed E-state index contributed by atoms with van der Waals surface area (Å²) in [6.45, 7) is 22.1. The largest absolute Gasteiger partial charge is 0.460 e. The lowest BCUT2D eigenvalue weighted by atomic mass is 9.90. The highest BCUT2D eigenvalue weighted by Crippen LogP contribution is 2.23. The molecule has 0 bridgehead atoms. The van der Waals surface area contributed by atoms with E-state index in [2.05, 4.69) is 11.5 Å². The third-order valence-electron chi connectivity index (χ3n) is 6.82. The first kappa shape index (κ1) is 42.8. The molecule has 0 spiro atoms. The molecule has 0 N–H and O–H groups in total. The van der Waals surface area contributed by atoms with Gasteiger partial charge < -0.3 is 57.0 Å². The molecule has 1 aliphatic rings. The molecule has 0 saturated carbocycles. The summed E-state index contributed by atoms with van der Waals surface area (Å²) in [5.74, 6) is 0.462. The number of piperidine rings is 1. The van der Waals surface area contributed by atoms with Gasteiger partial charge in [-0.1, -0.05) is 6.58 Å². The van der Waals surface area contributed by atoms with Crippen molar-refractivity contribution in [3.05, 3.63) is 12.7 Å². The Labute approximate surface area is 277 Å². The van der Waals surface area contributed by atoms with Crippen LogP contribution in [0.25, 0.3) is 0 Å². The van der Waals surface area contributed by atoms with Crippen LogP contribution in [-0.2, 0) is 56.9 Å². The molecule has 1 fully saturated rings. The second kappa shape index (κ2) is 33.7. The fourth-order valence-electron chi connectivity index (χ4n) is 4.73. The zero-order valence-corrected chi connectivity index (χ0v) is 28.7. The highest BCUT2D eigenvalue weighted by Gasteiger charge is 2.27. The number of carbonyl (C=O) groups excluding carboxylic acids is 1. The predicted octanol–water partition coefficient (Wildman–Crippen LogP) is 2.25. The number of hydrogen-bond donors (Lipinski definition) is 0. The highest BCUT2D eigenvalue weighted by molar-refractivity contribution is 5.81. The van der Waals surface area contributed by atoms with Crippen molar-refractivity contribution in [1.29, 1.82) is 0 Å².